The minimum Gasteiger partial charge on any atom is -0.322 e. The van der Waals surface area contributed by atoms with Crippen LogP contribution in [0, 0.1) is 0 Å². The third-order valence-electron chi connectivity index (χ3n) is 1.78. The largest absolute Gasteiger partial charge is 0.322 e. The Labute approximate surface area is 61.1 Å². The first-order chi connectivity index (χ1) is 4.66. The molecule has 0 amide bonds. The van der Waals surface area contributed by atoms with Crippen LogP contribution in [-0.4, -0.2) is 11.3 Å². The number of hydrogen-bond donors (Lipinski definition) is 1. The van der Waals surface area contributed by atoms with Gasteiger partial charge in [0.1, 0.15) is 0 Å². The fourth-order valence-corrected chi connectivity index (χ4v) is 0.688. The molecular weight excluding hydrogens is 126 g/mol. The third-order valence-corrected chi connectivity index (χ3v) is 1.78. The van der Waals surface area contributed by atoms with E-state index in [2.05, 4.69) is 0 Å². The molecule has 2 N–H and O–H groups in total. The second kappa shape index (κ2) is 2.54. The first kappa shape index (κ1) is 7.48. The Kier molecular flexibility index (Phi) is 1.90. The van der Waals surface area contributed by atoms with E-state index in [9.17, 15) is 4.79 Å². The maximum absolute atomic E-state index is 10.7. The summed E-state index contributed by atoms with van der Waals surface area (Å²) in [5.41, 5.74) is 5.59. The van der Waals surface area contributed by atoms with Crippen molar-refractivity contribution < 1.29 is 4.79 Å². The number of hydrogen-bond acceptors (Lipinski definition) is 2. The summed E-state index contributed by atoms with van der Waals surface area (Å²) in [4.78, 5) is 10.7. The standard InChI is InChI=1S/C8H13NO/c1-2-7(10)3-4-8(9)5-6-8/h3-4H,2,5-6,9H2,1H3/b4-3+. The van der Waals surface area contributed by atoms with Crippen LogP contribution in [0.2, 0.25) is 0 Å². The summed E-state index contributed by atoms with van der Waals surface area (Å²) < 4.78 is 0. The maximum Gasteiger partial charge on any atom is 0.155 e. The lowest BCUT2D eigenvalue weighted by Crippen LogP contribution is -2.17. The molecule has 0 aliphatic heterocycles. The smallest absolute Gasteiger partial charge is 0.155 e. The second-order valence-corrected chi connectivity index (χ2v) is 2.89. The van der Waals surface area contributed by atoms with Crippen LogP contribution in [0.4, 0.5) is 0 Å². The summed E-state index contributed by atoms with van der Waals surface area (Å²) in [6, 6.07) is 0. The van der Waals surface area contributed by atoms with E-state index in [1.54, 1.807) is 6.08 Å². The van der Waals surface area contributed by atoms with Crippen molar-refractivity contribution in [2.75, 3.05) is 0 Å². The van der Waals surface area contributed by atoms with E-state index in [1.807, 2.05) is 13.0 Å². The molecule has 0 spiro atoms. The molecule has 56 valence electrons. The molecule has 0 aromatic carbocycles. The van der Waals surface area contributed by atoms with Gasteiger partial charge in [-0.05, 0) is 18.9 Å². The van der Waals surface area contributed by atoms with E-state index in [1.165, 1.54) is 0 Å². The predicted molar refractivity (Wildman–Crippen MR) is 40.6 cm³/mol. The van der Waals surface area contributed by atoms with Gasteiger partial charge in [-0.15, -0.1) is 0 Å². The van der Waals surface area contributed by atoms with E-state index in [0.717, 1.165) is 12.8 Å². The number of nitrogens with two attached hydrogens (primary N) is 1. The number of carbonyl (C=O) groups excluding carboxylic acids is 1. The Morgan fingerprint density at radius 2 is 2.30 bits per heavy atom. The molecule has 2 heteroatoms. The number of rotatable bonds is 3. The Morgan fingerprint density at radius 1 is 1.70 bits per heavy atom. The Hall–Kier alpha value is -0.630. The zero-order valence-corrected chi connectivity index (χ0v) is 6.26. The van der Waals surface area contributed by atoms with Crippen molar-refractivity contribution in [2.45, 2.75) is 31.7 Å². The molecule has 0 unspecified atom stereocenters. The van der Waals surface area contributed by atoms with Crippen LogP contribution >= 0.6 is 0 Å². The Bertz CT molecular complexity index is 168. The first-order valence-corrected chi connectivity index (χ1v) is 3.67. The predicted octanol–water partition coefficient (Wildman–Crippen LogP) is 1.01. The molecule has 2 nitrogen and oxygen atoms in total. The molecule has 1 rings (SSSR count). The molecule has 10 heavy (non-hydrogen) atoms. The van der Waals surface area contributed by atoms with Gasteiger partial charge in [-0.3, -0.25) is 4.79 Å². The highest BCUT2D eigenvalue weighted by Gasteiger charge is 2.34. The summed E-state index contributed by atoms with van der Waals surface area (Å²) in [6.45, 7) is 1.85. The molecule has 0 aromatic rings. The van der Waals surface area contributed by atoms with Gasteiger partial charge in [-0.2, -0.15) is 0 Å². The van der Waals surface area contributed by atoms with Gasteiger partial charge >= 0.3 is 0 Å². The van der Waals surface area contributed by atoms with Crippen molar-refractivity contribution in [2.24, 2.45) is 5.73 Å². The highest BCUT2D eigenvalue weighted by atomic mass is 16.1. The number of allylic oxidation sites excluding steroid dienone is 1. The van der Waals surface area contributed by atoms with Crippen LogP contribution in [0.15, 0.2) is 12.2 Å². The van der Waals surface area contributed by atoms with E-state index in [0.29, 0.717) is 6.42 Å². The Morgan fingerprint density at radius 3 is 2.70 bits per heavy atom. The van der Waals surface area contributed by atoms with Gasteiger partial charge in [0.05, 0.1) is 0 Å². The van der Waals surface area contributed by atoms with Gasteiger partial charge in [0, 0.05) is 12.0 Å². The van der Waals surface area contributed by atoms with Crippen LogP contribution in [0.5, 0.6) is 0 Å². The van der Waals surface area contributed by atoms with Crippen molar-refractivity contribution in [3.63, 3.8) is 0 Å². The molecule has 1 aliphatic carbocycles. The van der Waals surface area contributed by atoms with E-state index in [-0.39, 0.29) is 11.3 Å². The van der Waals surface area contributed by atoms with Crippen molar-refractivity contribution in [1.29, 1.82) is 0 Å². The van der Waals surface area contributed by atoms with Gasteiger partial charge in [0.15, 0.2) is 5.78 Å². The molecule has 0 saturated heterocycles. The first-order valence-electron chi connectivity index (χ1n) is 3.67. The molecule has 0 heterocycles. The molecule has 1 saturated carbocycles. The number of carbonyl (C=O) groups is 1. The van der Waals surface area contributed by atoms with Crippen LogP contribution in [0.1, 0.15) is 26.2 Å². The van der Waals surface area contributed by atoms with Crippen LogP contribution in [0.25, 0.3) is 0 Å². The monoisotopic (exact) mass is 139 g/mol. The summed E-state index contributed by atoms with van der Waals surface area (Å²) in [5.74, 6) is 0.164. The SMILES string of the molecule is CCC(=O)/C=C/C1(N)CC1. The van der Waals surface area contributed by atoms with Crippen LogP contribution in [0.3, 0.4) is 0 Å². The highest BCUT2D eigenvalue weighted by molar-refractivity contribution is 5.89. The van der Waals surface area contributed by atoms with E-state index >= 15 is 0 Å². The highest BCUT2D eigenvalue weighted by Crippen LogP contribution is 2.33. The van der Waals surface area contributed by atoms with Gasteiger partial charge < -0.3 is 5.73 Å². The van der Waals surface area contributed by atoms with Gasteiger partial charge in [0.25, 0.3) is 0 Å². The molecule has 0 aromatic heterocycles. The van der Waals surface area contributed by atoms with Gasteiger partial charge in [0.2, 0.25) is 0 Å². The minimum atomic E-state index is -0.120. The summed E-state index contributed by atoms with van der Waals surface area (Å²) >= 11 is 0. The lowest BCUT2D eigenvalue weighted by Gasteiger charge is -1.96. The Balaban J connectivity index is 2.36. The van der Waals surface area contributed by atoms with Gasteiger partial charge in [-0.1, -0.05) is 13.0 Å². The van der Waals surface area contributed by atoms with Crippen molar-refractivity contribution in [1.82, 2.24) is 0 Å². The summed E-state index contributed by atoms with van der Waals surface area (Å²) in [7, 11) is 0. The van der Waals surface area contributed by atoms with E-state index < -0.39 is 0 Å². The maximum atomic E-state index is 10.7. The summed E-state index contributed by atoms with van der Waals surface area (Å²) in [5, 5.41) is 0. The molecule has 0 bridgehead atoms. The topological polar surface area (TPSA) is 43.1 Å². The van der Waals surface area contributed by atoms with E-state index in [4.69, 9.17) is 5.73 Å². The van der Waals surface area contributed by atoms with Crippen molar-refractivity contribution in [3.8, 4) is 0 Å². The fraction of sp³-hybridized carbons (Fsp3) is 0.625. The molecule has 1 fully saturated rings. The molecule has 1 aliphatic rings. The van der Waals surface area contributed by atoms with Gasteiger partial charge in [-0.25, -0.2) is 0 Å². The average Bonchev–Trinajstić information content (AvgIpc) is 2.64. The average molecular weight is 139 g/mol. The molecule has 0 radical (unpaired) electrons. The normalized spacial score (nSPS) is 21.4. The third kappa shape index (κ3) is 1.95. The van der Waals surface area contributed by atoms with Crippen molar-refractivity contribution in [3.05, 3.63) is 12.2 Å². The number of ketones is 1. The lowest BCUT2D eigenvalue weighted by atomic mass is 10.2. The quantitative estimate of drug-likeness (QED) is 0.593. The van der Waals surface area contributed by atoms with Crippen molar-refractivity contribution >= 4 is 5.78 Å². The zero-order chi connectivity index (χ0) is 7.61. The zero-order valence-electron chi connectivity index (χ0n) is 6.26. The second-order valence-electron chi connectivity index (χ2n) is 2.89. The molecule has 0 atom stereocenters. The van der Waals surface area contributed by atoms with Crippen LogP contribution in [-0.2, 0) is 4.79 Å². The lowest BCUT2D eigenvalue weighted by molar-refractivity contribution is -0.114. The van der Waals surface area contributed by atoms with Crippen LogP contribution < -0.4 is 5.73 Å². The summed E-state index contributed by atoms with van der Waals surface area (Å²) in [6.07, 6.45) is 6.07. The fourth-order valence-electron chi connectivity index (χ4n) is 0.688. The minimum absolute atomic E-state index is 0.120. The molecular formula is C8H13NO.